The van der Waals surface area contributed by atoms with Gasteiger partial charge in [0.2, 0.25) is 0 Å². The fourth-order valence-corrected chi connectivity index (χ4v) is 1.22. The quantitative estimate of drug-likeness (QED) is 0.467. The van der Waals surface area contributed by atoms with Crippen molar-refractivity contribution in [2.75, 3.05) is 12.4 Å². The zero-order valence-electron chi connectivity index (χ0n) is 8.14. The molecule has 0 spiro atoms. The molecule has 15 heavy (non-hydrogen) atoms. The van der Waals surface area contributed by atoms with Gasteiger partial charge in [0.15, 0.2) is 11.6 Å². The normalized spacial score (nSPS) is 11.1. The number of hydrogen-bond donors (Lipinski definition) is 1. The number of halogens is 3. The monoisotopic (exact) mass is 231 g/mol. The van der Waals surface area contributed by atoms with Crippen LogP contribution in [0.3, 0.4) is 0 Å². The van der Waals surface area contributed by atoms with E-state index in [1.165, 1.54) is 6.07 Å². The van der Waals surface area contributed by atoms with E-state index in [1.54, 1.807) is 6.07 Å². The SMILES string of the molecule is Fc1ccc(CNC/C=C/CCl)cc1F. The van der Waals surface area contributed by atoms with Gasteiger partial charge >= 0.3 is 0 Å². The van der Waals surface area contributed by atoms with Crippen molar-refractivity contribution < 1.29 is 8.78 Å². The minimum Gasteiger partial charge on any atom is -0.309 e. The van der Waals surface area contributed by atoms with Crippen LogP contribution < -0.4 is 5.32 Å². The predicted molar refractivity (Wildman–Crippen MR) is 57.9 cm³/mol. The van der Waals surface area contributed by atoms with Crippen LogP contribution in [0.1, 0.15) is 5.56 Å². The van der Waals surface area contributed by atoms with E-state index in [1.807, 2.05) is 12.2 Å². The van der Waals surface area contributed by atoms with Crippen molar-refractivity contribution in [3.63, 3.8) is 0 Å². The summed E-state index contributed by atoms with van der Waals surface area (Å²) in [6.07, 6.45) is 3.70. The Morgan fingerprint density at radius 2 is 2.00 bits per heavy atom. The molecule has 1 aromatic carbocycles. The molecular weight excluding hydrogens is 220 g/mol. The summed E-state index contributed by atoms with van der Waals surface area (Å²) in [6.45, 7) is 1.16. The molecule has 1 rings (SSSR count). The largest absolute Gasteiger partial charge is 0.309 e. The van der Waals surface area contributed by atoms with Gasteiger partial charge in [-0.2, -0.15) is 0 Å². The number of hydrogen-bond acceptors (Lipinski definition) is 1. The molecule has 0 radical (unpaired) electrons. The molecular formula is C11H12ClF2N. The third kappa shape index (κ3) is 4.40. The Labute approximate surface area is 92.8 Å². The maximum Gasteiger partial charge on any atom is 0.159 e. The highest BCUT2D eigenvalue weighted by Crippen LogP contribution is 2.08. The Bertz CT molecular complexity index is 339. The first-order valence-corrected chi connectivity index (χ1v) is 5.13. The Balaban J connectivity index is 2.38. The van der Waals surface area contributed by atoms with Crippen molar-refractivity contribution in [1.29, 1.82) is 0 Å². The van der Waals surface area contributed by atoms with Crippen LogP contribution >= 0.6 is 11.6 Å². The molecule has 0 atom stereocenters. The summed E-state index contributed by atoms with van der Waals surface area (Å²) >= 11 is 5.43. The van der Waals surface area contributed by atoms with Crippen molar-refractivity contribution in [2.45, 2.75) is 6.54 Å². The molecule has 0 amide bonds. The highest BCUT2D eigenvalue weighted by atomic mass is 35.5. The molecule has 1 N–H and O–H groups in total. The lowest BCUT2D eigenvalue weighted by Gasteiger charge is -2.02. The minimum absolute atomic E-state index is 0.479. The summed E-state index contributed by atoms with van der Waals surface area (Å²) in [7, 11) is 0. The van der Waals surface area contributed by atoms with E-state index < -0.39 is 11.6 Å². The van der Waals surface area contributed by atoms with E-state index in [9.17, 15) is 8.78 Å². The van der Waals surface area contributed by atoms with Crippen molar-refractivity contribution in [1.82, 2.24) is 5.32 Å². The standard InChI is InChI=1S/C11H12ClF2N/c12-5-1-2-6-15-8-9-3-4-10(13)11(14)7-9/h1-4,7,15H,5-6,8H2/b2-1+. The van der Waals surface area contributed by atoms with E-state index in [2.05, 4.69) is 5.32 Å². The highest BCUT2D eigenvalue weighted by Gasteiger charge is 2.01. The molecule has 0 aromatic heterocycles. The van der Waals surface area contributed by atoms with E-state index in [-0.39, 0.29) is 0 Å². The zero-order chi connectivity index (χ0) is 11.1. The van der Waals surface area contributed by atoms with Crippen LogP contribution in [-0.4, -0.2) is 12.4 Å². The van der Waals surface area contributed by atoms with Crippen molar-refractivity contribution in [3.8, 4) is 0 Å². The lowest BCUT2D eigenvalue weighted by Crippen LogP contribution is -2.13. The molecule has 4 heteroatoms. The fraction of sp³-hybridized carbons (Fsp3) is 0.273. The maximum absolute atomic E-state index is 12.8. The molecule has 0 bridgehead atoms. The van der Waals surface area contributed by atoms with Crippen LogP contribution in [0.15, 0.2) is 30.4 Å². The number of benzene rings is 1. The number of allylic oxidation sites excluding steroid dienone is 1. The average molecular weight is 232 g/mol. The molecule has 1 aromatic rings. The van der Waals surface area contributed by atoms with Gasteiger partial charge in [0.25, 0.3) is 0 Å². The zero-order valence-corrected chi connectivity index (χ0v) is 8.90. The Kier molecular flexibility index (Phi) is 5.29. The van der Waals surface area contributed by atoms with Gasteiger partial charge in [-0.1, -0.05) is 18.2 Å². The van der Waals surface area contributed by atoms with Crippen LogP contribution in [0.2, 0.25) is 0 Å². The van der Waals surface area contributed by atoms with Crippen LogP contribution in [0.4, 0.5) is 8.78 Å². The third-order valence-corrected chi connectivity index (χ3v) is 2.01. The average Bonchev–Trinajstić information content (AvgIpc) is 2.23. The number of nitrogens with one attached hydrogen (secondary N) is 1. The summed E-state index contributed by atoms with van der Waals surface area (Å²) in [6, 6.07) is 3.87. The maximum atomic E-state index is 12.8. The lowest BCUT2D eigenvalue weighted by molar-refractivity contribution is 0.506. The Morgan fingerprint density at radius 3 is 2.67 bits per heavy atom. The van der Waals surface area contributed by atoms with Crippen LogP contribution in [-0.2, 0) is 6.54 Å². The second-order valence-electron chi connectivity index (χ2n) is 3.01. The highest BCUT2D eigenvalue weighted by molar-refractivity contribution is 6.18. The molecule has 82 valence electrons. The third-order valence-electron chi connectivity index (χ3n) is 1.83. The summed E-state index contributed by atoms with van der Waals surface area (Å²) in [5.41, 5.74) is 0.716. The van der Waals surface area contributed by atoms with E-state index in [0.29, 0.717) is 24.5 Å². The van der Waals surface area contributed by atoms with Gasteiger partial charge in [-0.25, -0.2) is 8.78 Å². The first kappa shape index (κ1) is 12.1. The molecule has 0 aliphatic rings. The number of rotatable bonds is 5. The summed E-state index contributed by atoms with van der Waals surface area (Å²) in [5, 5.41) is 3.05. The van der Waals surface area contributed by atoms with Gasteiger partial charge in [0.1, 0.15) is 0 Å². The predicted octanol–water partition coefficient (Wildman–Crippen LogP) is 2.85. The van der Waals surface area contributed by atoms with Gasteiger partial charge in [-0.3, -0.25) is 0 Å². The van der Waals surface area contributed by atoms with Crippen LogP contribution in [0, 0.1) is 11.6 Å². The van der Waals surface area contributed by atoms with Gasteiger partial charge in [-0.05, 0) is 17.7 Å². The summed E-state index contributed by atoms with van der Waals surface area (Å²) in [4.78, 5) is 0. The second kappa shape index (κ2) is 6.53. The molecule has 0 aliphatic carbocycles. The fourth-order valence-electron chi connectivity index (χ4n) is 1.10. The molecule has 0 fully saturated rings. The van der Waals surface area contributed by atoms with Gasteiger partial charge in [0.05, 0.1) is 0 Å². The van der Waals surface area contributed by atoms with Crippen LogP contribution in [0.5, 0.6) is 0 Å². The second-order valence-corrected chi connectivity index (χ2v) is 3.31. The van der Waals surface area contributed by atoms with E-state index in [4.69, 9.17) is 11.6 Å². The number of alkyl halides is 1. The van der Waals surface area contributed by atoms with Crippen molar-refractivity contribution >= 4 is 11.6 Å². The summed E-state index contributed by atoms with van der Waals surface area (Å²) < 4.78 is 25.3. The van der Waals surface area contributed by atoms with E-state index in [0.717, 1.165) is 6.07 Å². The first-order chi connectivity index (χ1) is 7.24. The topological polar surface area (TPSA) is 12.0 Å². The molecule has 0 unspecified atom stereocenters. The van der Waals surface area contributed by atoms with Gasteiger partial charge < -0.3 is 5.32 Å². The molecule has 0 saturated carbocycles. The molecule has 0 aliphatic heterocycles. The lowest BCUT2D eigenvalue weighted by atomic mass is 10.2. The van der Waals surface area contributed by atoms with Crippen LogP contribution in [0.25, 0.3) is 0 Å². The molecule has 1 nitrogen and oxygen atoms in total. The van der Waals surface area contributed by atoms with Crippen molar-refractivity contribution in [3.05, 3.63) is 47.5 Å². The van der Waals surface area contributed by atoms with Crippen molar-refractivity contribution in [2.24, 2.45) is 0 Å². The smallest absolute Gasteiger partial charge is 0.159 e. The van der Waals surface area contributed by atoms with Gasteiger partial charge in [-0.15, -0.1) is 11.6 Å². The Hall–Kier alpha value is -0.930. The minimum atomic E-state index is -0.819. The van der Waals surface area contributed by atoms with Gasteiger partial charge in [0, 0.05) is 19.0 Å². The molecule has 0 heterocycles. The summed E-state index contributed by atoms with van der Waals surface area (Å²) in [5.74, 6) is -1.15. The first-order valence-electron chi connectivity index (χ1n) is 4.59. The van der Waals surface area contributed by atoms with E-state index >= 15 is 0 Å². The Morgan fingerprint density at radius 1 is 1.20 bits per heavy atom. The molecule has 0 saturated heterocycles.